The molecule has 0 atom stereocenters. The number of furan rings is 1. The van der Waals surface area contributed by atoms with E-state index in [9.17, 15) is 0 Å². The quantitative estimate of drug-likeness (QED) is 0.156. The summed E-state index contributed by atoms with van der Waals surface area (Å²) in [5, 5.41) is 3.62. The van der Waals surface area contributed by atoms with Gasteiger partial charge in [0.15, 0.2) is 0 Å². The monoisotopic (exact) mass is 715 g/mol. The molecule has 1 heterocycles. The molecule has 1 aromatic heterocycles. The van der Waals surface area contributed by atoms with Crippen LogP contribution in [-0.4, -0.2) is 0 Å². The van der Waals surface area contributed by atoms with E-state index in [4.69, 9.17) is 4.42 Å². The summed E-state index contributed by atoms with van der Waals surface area (Å²) in [4.78, 5) is 2.32. The molecule has 0 fully saturated rings. The van der Waals surface area contributed by atoms with Crippen molar-refractivity contribution >= 4 is 38.8 Å². The smallest absolute Gasteiger partial charge is 0.135 e. The van der Waals surface area contributed by atoms with E-state index in [0.29, 0.717) is 0 Å². The van der Waals surface area contributed by atoms with Crippen LogP contribution in [0, 0.1) is 0 Å². The van der Waals surface area contributed by atoms with Crippen molar-refractivity contribution in [3.05, 3.63) is 224 Å². The number of fused-ring (bicyclic) bond motifs is 2. The molecule has 0 N–H and O–H groups in total. The zero-order valence-corrected chi connectivity index (χ0v) is 30.7. The lowest BCUT2D eigenvalue weighted by Crippen LogP contribution is -2.10. The van der Waals surface area contributed by atoms with Crippen molar-refractivity contribution < 1.29 is 4.42 Å². The van der Waals surface area contributed by atoms with Crippen LogP contribution < -0.4 is 4.90 Å². The van der Waals surface area contributed by atoms with Crippen LogP contribution in [0.3, 0.4) is 0 Å². The Balaban J connectivity index is 1.00. The molecule has 0 saturated carbocycles. The van der Waals surface area contributed by atoms with Gasteiger partial charge in [-0.05, 0) is 110 Å². The standard InChI is InChI=1S/C54H37NO/c1-2-11-38(12-3-1)44-16-8-17-45(35-44)41-29-33-49(34-30-41)55(50-19-9-18-46(36-50)54-37-47-14-5-7-22-53(47)56-54)48-31-27-40(28-32-48)39-23-25-43(26-24-39)52-21-10-15-42-13-4-6-20-51(42)52/h1-37H. The predicted octanol–water partition coefficient (Wildman–Crippen LogP) is 15.4. The molecular weight excluding hydrogens is 679 g/mol. The minimum absolute atomic E-state index is 0.851. The molecule has 0 spiro atoms. The van der Waals surface area contributed by atoms with Gasteiger partial charge in [-0.15, -0.1) is 0 Å². The molecule has 0 aliphatic carbocycles. The van der Waals surface area contributed by atoms with Crippen molar-refractivity contribution in [1.29, 1.82) is 0 Å². The van der Waals surface area contributed by atoms with Gasteiger partial charge in [0.05, 0.1) is 0 Å². The van der Waals surface area contributed by atoms with Gasteiger partial charge in [-0.2, -0.15) is 0 Å². The van der Waals surface area contributed by atoms with Crippen LogP contribution in [-0.2, 0) is 0 Å². The Kier molecular flexibility index (Phi) is 8.55. The Morgan fingerprint density at radius 2 is 0.786 bits per heavy atom. The second-order valence-electron chi connectivity index (χ2n) is 14.2. The van der Waals surface area contributed by atoms with E-state index in [1.54, 1.807) is 0 Å². The summed E-state index contributed by atoms with van der Waals surface area (Å²) < 4.78 is 6.31. The number of hydrogen-bond donors (Lipinski definition) is 0. The SMILES string of the molecule is c1ccc(-c2cccc(-c3ccc(N(c4ccc(-c5ccc(-c6cccc7ccccc67)cc5)cc4)c4cccc(-c5cc6ccccc6o5)c4)cc3)c2)cc1. The number of nitrogens with zero attached hydrogens (tertiary/aromatic N) is 1. The summed E-state index contributed by atoms with van der Waals surface area (Å²) in [6.07, 6.45) is 0. The summed E-state index contributed by atoms with van der Waals surface area (Å²) in [6, 6.07) is 80.0. The van der Waals surface area contributed by atoms with E-state index in [0.717, 1.165) is 39.4 Å². The molecule has 0 saturated heterocycles. The van der Waals surface area contributed by atoms with Crippen LogP contribution in [0.5, 0.6) is 0 Å². The van der Waals surface area contributed by atoms with Crippen molar-refractivity contribution in [2.75, 3.05) is 4.90 Å². The van der Waals surface area contributed by atoms with Gasteiger partial charge in [0.25, 0.3) is 0 Å². The molecule has 264 valence electrons. The van der Waals surface area contributed by atoms with Crippen molar-refractivity contribution in [1.82, 2.24) is 0 Å². The van der Waals surface area contributed by atoms with Gasteiger partial charge < -0.3 is 9.32 Å². The van der Waals surface area contributed by atoms with Gasteiger partial charge in [-0.3, -0.25) is 0 Å². The van der Waals surface area contributed by atoms with Crippen LogP contribution in [0.1, 0.15) is 0 Å². The lowest BCUT2D eigenvalue weighted by Gasteiger charge is -2.26. The average molecular weight is 716 g/mol. The van der Waals surface area contributed by atoms with Gasteiger partial charge in [-0.1, -0.05) is 170 Å². The third-order valence-corrected chi connectivity index (χ3v) is 10.7. The highest BCUT2D eigenvalue weighted by Crippen LogP contribution is 2.40. The van der Waals surface area contributed by atoms with Crippen molar-refractivity contribution in [2.45, 2.75) is 0 Å². The second kappa shape index (κ2) is 14.4. The Morgan fingerprint density at radius 1 is 0.286 bits per heavy atom. The highest BCUT2D eigenvalue weighted by Gasteiger charge is 2.16. The molecule has 2 nitrogen and oxygen atoms in total. The largest absolute Gasteiger partial charge is 0.456 e. The number of rotatable bonds is 8. The molecular formula is C54H37NO. The van der Waals surface area contributed by atoms with E-state index >= 15 is 0 Å². The number of anilines is 3. The van der Waals surface area contributed by atoms with E-state index in [1.807, 2.05) is 18.2 Å². The molecule has 10 rings (SSSR count). The van der Waals surface area contributed by atoms with E-state index in [2.05, 4.69) is 211 Å². The van der Waals surface area contributed by atoms with Gasteiger partial charge in [-0.25, -0.2) is 0 Å². The Morgan fingerprint density at radius 3 is 1.50 bits per heavy atom. The third kappa shape index (κ3) is 6.44. The fourth-order valence-corrected chi connectivity index (χ4v) is 7.80. The van der Waals surface area contributed by atoms with Crippen molar-refractivity contribution in [3.63, 3.8) is 0 Å². The zero-order valence-electron chi connectivity index (χ0n) is 30.7. The van der Waals surface area contributed by atoms with Crippen LogP contribution in [0.25, 0.3) is 77.6 Å². The van der Waals surface area contributed by atoms with Crippen LogP contribution in [0.4, 0.5) is 17.1 Å². The molecule has 0 radical (unpaired) electrons. The molecule has 0 amide bonds. The normalized spacial score (nSPS) is 11.2. The molecule has 10 aromatic rings. The number of hydrogen-bond acceptors (Lipinski definition) is 2. The summed E-state index contributed by atoms with van der Waals surface area (Å²) in [7, 11) is 0. The summed E-state index contributed by atoms with van der Waals surface area (Å²) in [6.45, 7) is 0. The highest BCUT2D eigenvalue weighted by molar-refractivity contribution is 5.97. The lowest BCUT2D eigenvalue weighted by atomic mass is 9.96. The highest BCUT2D eigenvalue weighted by atomic mass is 16.3. The van der Waals surface area contributed by atoms with Crippen molar-refractivity contribution in [2.24, 2.45) is 0 Å². The molecule has 0 unspecified atom stereocenters. The van der Waals surface area contributed by atoms with Gasteiger partial charge in [0.1, 0.15) is 11.3 Å². The van der Waals surface area contributed by atoms with E-state index < -0.39 is 0 Å². The topological polar surface area (TPSA) is 16.4 Å². The Hall–Kier alpha value is -7.42. The molecule has 2 heteroatoms. The summed E-state index contributed by atoms with van der Waals surface area (Å²) in [5.74, 6) is 0.851. The molecule has 56 heavy (non-hydrogen) atoms. The zero-order chi connectivity index (χ0) is 37.3. The minimum atomic E-state index is 0.851. The first-order valence-electron chi connectivity index (χ1n) is 19.1. The van der Waals surface area contributed by atoms with Crippen LogP contribution >= 0.6 is 0 Å². The maximum Gasteiger partial charge on any atom is 0.135 e. The van der Waals surface area contributed by atoms with E-state index in [-0.39, 0.29) is 0 Å². The molecule has 0 aliphatic heterocycles. The first-order valence-corrected chi connectivity index (χ1v) is 19.1. The summed E-state index contributed by atoms with van der Waals surface area (Å²) >= 11 is 0. The van der Waals surface area contributed by atoms with Gasteiger partial charge in [0.2, 0.25) is 0 Å². The number of para-hydroxylation sites is 1. The number of benzene rings is 9. The average Bonchev–Trinajstić information content (AvgIpc) is 3.72. The summed E-state index contributed by atoms with van der Waals surface area (Å²) in [5.41, 5.74) is 14.7. The minimum Gasteiger partial charge on any atom is -0.456 e. The fraction of sp³-hybridized carbons (Fsp3) is 0. The van der Waals surface area contributed by atoms with Crippen LogP contribution in [0.2, 0.25) is 0 Å². The van der Waals surface area contributed by atoms with Gasteiger partial charge in [0, 0.05) is 28.0 Å². The Labute approximate surface area is 327 Å². The Bertz CT molecular complexity index is 2900. The lowest BCUT2D eigenvalue weighted by molar-refractivity contribution is 0.631. The second-order valence-corrected chi connectivity index (χ2v) is 14.2. The molecule has 9 aromatic carbocycles. The van der Waals surface area contributed by atoms with Crippen LogP contribution in [0.15, 0.2) is 229 Å². The molecule has 0 bridgehead atoms. The predicted molar refractivity (Wildman–Crippen MR) is 236 cm³/mol. The maximum absolute atomic E-state index is 6.31. The first kappa shape index (κ1) is 33.2. The third-order valence-electron chi connectivity index (χ3n) is 10.7. The molecule has 0 aliphatic rings. The van der Waals surface area contributed by atoms with Gasteiger partial charge >= 0.3 is 0 Å². The first-order chi connectivity index (χ1) is 27.7. The maximum atomic E-state index is 6.31. The van der Waals surface area contributed by atoms with E-state index in [1.165, 1.54) is 55.3 Å². The fourth-order valence-electron chi connectivity index (χ4n) is 7.80. The van der Waals surface area contributed by atoms with Crippen molar-refractivity contribution in [3.8, 4) is 55.8 Å².